The normalized spacial score (nSPS) is 32.3. The quantitative estimate of drug-likeness (QED) is 0.424. The van der Waals surface area contributed by atoms with Gasteiger partial charge in [-0.25, -0.2) is 0 Å². The van der Waals surface area contributed by atoms with Crippen LogP contribution in [-0.2, 0) is 6.42 Å². The fraction of sp³-hybridized carbons (Fsp3) is 0.724. The van der Waals surface area contributed by atoms with E-state index in [0.717, 1.165) is 31.1 Å². The van der Waals surface area contributed by atoms with E-state index >= 15 is 0 Å². The number of rotatable bonds is 8. The Labute approximate surface area is 191 Å². The Hall–Kier alpha value is -1.28. The molecule has 0 spiro atoms. The van der Waals surface area contributed by atoms with Gasteiger partial charge in [-0.3, -0.25) is 0 Å². The first-order valence-corrected chi connectivity index (χ1v) is 12.8. The summed E-state index contributed by atoms with van der Waals surface area (Å²) in [6.45, 7) is 14.0. The van der Waals surface area contributed by atoms with Crippen molar-refractivity contribution in [1.29, 1.82) is 0 Å². The Kier molecular flexibility index (Phi) is 7.95. The molecule has 2 aliphatic rings. The minimum Gasteiger partial charge on any atom is -0.508 e. The third kappa shape index (κ3) is 5.21. The number of aliphatic hydroxyl groups is 1. The summed E-state index contributed by atoms with van der Waals surface area (Å²) in [7, 11) is 0. The molecule has 0 amide bonds. The van der Waals surface area contributed by atoms with Gasteiger partial charge in [0.05, 0.1) is 6.10 Å². The van der Waals surface area contributed by atoms with E-state index in [9.17, 15) is 10.2 Å². The number of aromatic hydroxyl groups is 1. The Morgan fingerprint density at radius 3 is 2.61 bits per heavy atom. The van der Waals surface area contributed by atoms with Gasteiger partial charge in [0, 0.05) is 0 Å². The van der Waals surface area contributed by atoms with Crippen molar-refractivity contribution >= 4 is 0 Å². The summed E-state index contributed by atoms with van der Waals surface area (Å²) in [5, 5.41) is 20.9. The first-order valence-electron chi connectivity index (χ1n) is 12.8. The predicted octanol–water partition coefficient (Wildman–Crippen LogP) is 7.46. The van der Waals surface area contributed by atoms with E-state index in [-0.39, 0.29) is 6.10 Å². The topological polar surface area (TPSA) is 40.5 Å². The number of allylic oxidation sites excluding steroid dienone is 2. The van der Waals surface area contributed by atoms with E-state index in [1.54, 1.807) is 11.6 Å². The summed E-state index contributed by atoms with van der Waals surface area (Å²) in [6.07, 6.45) is 11.4. The molecule has 0 aliphatic heterocycles. The fourth-order valence-electron chi connectivity index (χ4n) is 7.25. The van der Waals surface area contributed by atoms with Crippen LogP contribution in [0.25, 0.3) is 0 Å². The third-order valence-electron chi connectivity index (χ3n) is 9.24. The van der Waals surface area contributed by atoms with E-state index in [2.05, 4.69) is 47.6 Å². The van der Waals surface area contributed by atoms with Crippen molar-refractivity contribution in [1.82, 2.24) is 0 Å². The number of phenols is 1. The highest BCUT2D eigenvalue weighted by atomic mass is 16.3. The second kappa shape index (κ2) is 10.1. The maximum Gasteiger partial charge on any atom is 0.115 e. The highest BCUT2D eigenvalue weighted by Gasteiger charge is 2.54. The Morgan fingerprint density at radius 2 is 1.94 bits per heavy atom. The maximum atomic E-state index is 11.0. The van der Waals surface area contributed by atoms with E-state index in [1.165, 1.54) is 43.2 Å². The van der Waals surface area contributed by atoms with Crippen LogP contribution in [0.15, 0.2) is 29.8 Å². The SMILES string of the molecule is CC=C(CC[C@@H](C)[C@H]1CC[C@H]2[C@H](CCc3cc(O)ccc3C)[C@H](O)CC[C@]12C)C(C)C. The van der Waals surface area contributed by atoms with Crippen LogP contribution in [0, 0.1) is 41.9 Å². The average molecular weight is 427 g/mol. The van der Waals surface area contributed by atoms with Crippen molar-refractivity contribution in [2.45, 2.75) is 99.0 Å². The molecule has 2 fully saturated rings. The Bertz CT molecular complexity index is 764. The van der Waals surface area contributed by atoms with Gasteiger partial charge in [0.25, 0.3) is 0 Å². The summed E-state index contributed by atoms with van der Waals surface area (Å²) in [5.41, 5.74) is 4.44. The molecule has 1 aromatic carbocycles. The van der Waals surface area contributed by atoms with Crippen LogP contribution in [0.4, 0.5) is 0 Å². The molecular formula is C29H46O2. The number of hydrogen-bond acceptors (Lipinski definition) is 2. The zero-order valence-corrected chi connectivity index (χ0v) is 20.8. The predicted molar refractivity (Wildman–Crippen MR) is 131 cm³/mol. The van der Waals surface area contributed by atoms with Gasteiger partial charge in [-0.05, 0) is 123 Å². The van der Waals surface area contributed by atoms with Crippen LogP contribution >= 0.6 is 0 Å². The van der Waals surface area contributed by atoms with Crippen molar-refractivity contribution < 1.29 is 10.2 Å². The molecule has 2 nitrogen and oxygen atoms in total. The number of fused-ring (bicyclic) bond motifs is 1. The van der Waals surface area contributed by atoms with Gasteiger partial charge in [-0.1, -0.05) is 45.4 Å². The highest BCUT2D eigenvalue weighted by molar-refractivity contribution is 5.34. The standard InChI is InChI=1S/C29H46O2/c1-7-22(19(2)3)10-8-21(5)26-14-15-27-25(28(31)16-17-29(26,27)6)13-11-23-18-24(30)12-9-20(23)4/h7,9,12,18-19,21,25-28,30-31H,8,10-11,13-17H2,1-6H3/t21-,25+,26-,27+,28-,29-/m1/s1. The van der Waals surface area contributed by atoms with Crippen molar-refractivity contribution in [3.63, 3.8) is 0 Å². The molecule has 1 aromatic rings. The lowest BCUT2D eigenvalue weighted by Crippen LogP contribution is -2.45. The Morgan fingerprint density at radius 1 is 1.19 bits per heavy atom. The smallest absolute Gasteiger partial charge is 0.115 e. The van der Waals surface area contributed by atoms with Gasteiger partial charge in [0.2, 0.25) is 0 Å². The number of benzene rings is 1. The highest BCUT2D eigenvalue weighted by Crippen LogP contribution is 2.60. The summed E-state index contributed by atoms with van der Waals surface area (Å²) in [4.78, 5) is 0. The minimum absolute atomic E-state index is 0.166. The van der Waals surface area contributed by atoms with E-state index in [4.69, 9.17) is 0 Å². The summed E-state index contributed by atoms with van der Waals surface area (Å²) >= 11 is 0. The second-order valence-electron chi connectivity index (χ2n) is 11.2. The molecule has 6 atom stereocenters. The van der Waals surface area contributed by atoms with Crippen molar-refractivity contribution in [2.24, 2.45) is 35.0 Å². The van der Waals surface area contributed by atoms with Crippen LogP contribution in [0.2, 0.25) is 0 Å². The van der Waals surface area contributed by atoms with Crippen molar-refractivity contribution in [2.75, 3.05) is 0 Å². The van der Waals surface area contributed by atoms with Gasteiger partial charge < -0.3 is 10.2 Å². The summed E-state index contributed by atoms with van der Waals surface area (Å²) in [6, 6.07) is 5.69. The molecule has 3 rings (SSSR count). The Balaban J connectivity index is 1.68. The lowest BCUT2D eigenvalue weighted by Gasteiger charge is -2.49. The van der Waals surface area contributed by atoms with Crippen LogP contribution < -0.4 is 0 Å². The first-order chi connectivity index (χ1) is 14.7. The molecule has 2 aliphatic carbocycles. The second-order valence-corrected chi connectivity index (χ2v) is 11.2. The molecule has 174 valence electrons. The molecule has 2 N–H and O–H groups in total. The van der Waals surface area contributed by atoms with Crippen LogP contribution in [-0.4, -0.2) is 16.3 Å². The van der Waals surface area contributed by atoms with Crippen molar-refractivity contribution in [3.05, 3.63) is 41.0 Å². The molecular weight excluding hydrogens is 380 g/mol. The molecule has 2 saturated carbocycles. The average Bonchev–Trinajstić information content (AvgIpc) is 3.07. The summed E-state index contributed by atoms with van der Waals surface area (Å²) in [5.74, 6) is 3.55. The first kappa shape index (κ1) is 24.4. The van der Waals surface area contributed by atoms with E-state index < -0.39 is 0 Å². The number of aryl methyl sites for hydroxylation is 2. The molecule has 0 heterocycles. The van der Waals surface area contributed by atoms with Gasteiger partial charge >= 0.3 is 0 Å². The van der Waals surface area contributed by atoms with Crippen molar-refractivity contribution in [3.8, 4) is 5.75 Å². The molecule has 0 bridgehead atoms. The minimum atomic E-state index is -0.166. The molecule has 2 heteroatoms. The molecule has 31 heavy (non-hydrogen) atoms. The molecule has 0 radical (unpaired) electrons. The van der Waals surface area contributed by atoms with Gasteiger partial charge in [-0.2, -0.15) is 0 Å². The summed E-state index contributed by atoms with van der Waals surface area (Å²) < 4.78 is 0. The van der Waals surface area contributed by atoms with E-state index in [0.29, 0.717) is 28.9 Å². The largest absolute Gasteiger partial charge is 0.508 e. The van der Waals surface area contributed by atoms with Gasteiger partial charge in [-0.15, -0.1) is 0 Å². The lowest BCUT2D eigenvalue weighted by molar-refractivity contribution is -0.0527. The monoisotopic (exact) mass is 426 g/mol. The number of phenolic OH excluding ortho intramolecular Hbond substituents is 1. The zero-order valence-electron chi connectivity index (χ0n) is 20.8. The number of hydrogen-bond donors (Lipinski definition) is 2. The maximum absolute atomic E-state index is 11.0. The van der Waals surface area contributed by atoms with E-state index in [1.807, 2.05) is 12.1 Å². The molecule has 0 unspecified atom stereocenters. The number of aliphatic hydroxyl groups excluding tert-OH is 1. The van der Waals surface area contributed by atoms with Gasteiger partial charge in [0.1, 0.15) is 5.75 Å². The molecule has 0 saturated heterocycles. The fourth-order valence-corrected chi connectivity index (χ4v) is 7.25. The third-order valence-corrected chi connectivity index (χ3v) is 9.24. The van der Waals surface area contributed by atoms with Crippen LogP contribution in [0.3, 0.4) is 0 Å². The van der Waals surface area contributed by atoms with Gasteiger partial charge in [0.15, 0.2) is 0 Å². The molecule has 0 aromatic heterocycles. The van der Waals surface area contributed by atoms with Crippen LogP contribution in [0.5, 0.6) is 5.75 Å². The van der Waals surface area contributed by atoms with Crippen LogP contribution in [0.1, 0.15) is 90.7 Å². The lowest BCUT2D eigenvalue weighted by atomic mass is 9.57. The zero-order chi connectivity index (χ0) is 22.8.